The van der Waals surface area contributed by atoms with Crippen LogP contribution < -0.4 is 4.90 Å². The summed E-state index contributed by atoms with van der Waals surface area (Å²) in [7, 11) is -4.22. The van der Waals surface area contributed by atoms with E-state index in [-0.39, 0.29) is 13.1 Å². The summed E-state index contributed by atoms with van der Waals surface area (Å²) in [6.45, 7) is 1.96. The van der Waals surface area contributed by atoms with E-state index in [1.165, 1.54) is 12.1 Å². The van der Waals surface area contributed by atoms with E-state index in [0.29, 0.717) is 25.2 Å². The number of hydrogen-bond donors (Lipinski definition) is 1. The molecule has 0 radical (unpaired) electrons. The largest absolute Gasteiger partial charge is 0.417 e. The van der Waals surface area contributed by atoms with Gasteiger partial charge in [-0.15, -0.1) is 0 Å². The van der Waals surface area contributed by atoms with Crippen LogP contribution in [0.25, 0.3) is 0 Å². The van der Waals surface area contributed by atoms with Gasteiger partial charge in [0.25, 0.3) is 0 Å². The average Bonchev–Trinajstić information content (AvgIpc) is 2.68. The quantitative estimate of drug-likeness (QED) is 0.834. The normalized spacial score (nSPS) is 16.6. The van der Waals surface area contributed by atoms with Gasteiger partial charge in [-0.25, -0.2) is 8.42 Å². The molecular formula is C19H19F3N3O2S+. The first kappa shape index (κ1) is 20.3. The molecule has 3 rings (SSSR count). The van der Waals surface area contributed by atoms with Crippen LogP contribution in [0.2, 0.25) is 0 Å². The number of nitriles is 1. The molecule has 1 aliphatic rings. The zero-order valence-corrected chi connectivity index (χ0v) is 15.7. The number of piperazine rings is 1. The number of nitrogens with one attached hydrogen (secondary N) is 1. The molecule has 1 N–H and O–H groups in total. The average molecular weight is 410 g/mol. The van der Waals surface area contributed by atoms with Gasteiger partial charge in [-0.1, -0.05) is 24.3 Å². The molecule has 1 fully saturated rings. The first-order valence-corrected chi connectivity index (χ1v) is 10.1. The Morgan fingerprint density at radius 1 is 1.04 bits per heavy atom. The van der Waals surface area contributed by atoms with Crippen molar-refractivity contribution in [1.29, 1.82) is 5.26 Å². The maximum Gasteiger partial charge on any atom is 0.417 e. The number of halogens is 3. The van der Waals surface area contributed by atoms with Crippen LogP contribution in [0.15, 0.2) is 53.4 Å². The van der Waals surface area contributed by atoms with E-state index >= 15 is 0 Å². The Morgan fingerprint density at radius 2 is 1.64 bits per heavy atom. The maximum atomic E-state index is 13.2. The lowest BCUT2D eigenvalue weighted by atomic mass is 10.1. The molecule has 28 heavy (non-hydrogen) atoms. The second-order valence-electron chi connectivity index (χ2n) is 6.63. The molecule has 0 aromatic heterocycles. The molecule has 5 nitrogen and oxygen atoms in total. The number of sulfonamides is 1. The van der Waals surface area contributed by atoms with Gasteiger partial charge in [-0.05, 0) is 24.3 Å². The first-order valence-electron chi connectivity index (χ1n) is 8.71. The van der Waals surface area contributed by atoms with Gasteiger partial charge in [-0.3, -0.25) is 0 Å². The zero-order valence-electron chi connectivity index (χ0n) is 14.9. The van der Waals surface area contributed by atoms with E-state index in [0.717, 1.165) is 26.9 Å². The fourth-order valence-corrected chi connectivity index (χ4v) is 4.92. The third-order valence-electron chi connectivity index (χ3n) is 4.78. The molecule has 0 saturated carbocycles. The van der Waals surface area contributed by atoms with Crippen LogP contribution in [0.3, 0.4) is 0 Å². The van der Waals surface area contributed by atoms with Crippen molar-refractivity contribution in [2.75, 3.05) is 26.2 Å². The molecule has 148 valence electrons. The predicted octanol–water partition coefficient (Wildman–Crippen LogP) is 1.67. The molecule has 2 aromatic carbocycles. The second kappa shape index (κ2) is 7.91. The summed E-state index contributed by atoms with van der Waals surface area (Å²) >= 11 is 0. The van der Waals surface area contributed by atoms with E-state index < -0.39 is 26.7 Å². The van der Waals surface area contributed by atoms with Crippen molar-refractivity contribution >= 4 is 10.0 Å². The number of quaternary nitrogens is 1. The van der Waals surface area contributed by atoms with Crippen LogP contribution in [-0.2, 0) is 22.7 Å². The summed E-state index contributed by atoms with van der Waals surface area (Å²) in [5.74, 6) is 0. The van der Waals surface area contributed by atoms with Crippen molar-refractivity contribution in [2.24, 2.45) is 0 Å². The van der Waals surface area contributed by atoms with Crippen molar-refractivity contribution in [1.82, 2.24) is 4.31 Å². The van der Waals surface area contributed by atoms with Gasteiger partial charge >= 0.3 is 6.18 Å². The van der Waals surface area contributed by atoms with Gasteiger partial charge in [0.2, 0.25) is 10.0 Å². The molecule has 0 atom stereocenters. The number of hydrogen-bond acceptors (Lipinski definition) is 3. The number of rotatable bonds is 4. The summed E-state index contributed by atoms with van der Waals surface area (Å²) in [4.78, 5) is 0.443. The van der Waals surface area contributed by atoms with E-state index in [9.17, 15) is 21.6 Å². The monoisotopic (exact) mass is 410 g/mol. The smallest absolute Gasteiger partial charge is 0.329 e. The molecule has 1 aliphatic heterocycles. The first-order chi connectivity index (χ1) is 13.2. The number of alkyl halides is 3. The minimum Gasteiger partial charge on any atom is -0.329 e. The highest BCUT2D eigenvalue weighted by molar-refractivity contribution is 7.89. The Labute approximate surface area is 161 Å². The molecule has 0 unspecified atom stereocenters. The SMILES string of the molecule is N#Cc1ccc(C[NH+]2CCN(S(=O)(=O)c3ccccc3C(F)(F)F)CC2)cc1. The summed E-state index contributed by atoms with van der Waals surface area (Å²) < 4.78 is 66.3. The van der Waals surface area contributed by atoms with Crippen molar-refractivity contribution < 1.29 is 26.5 Å². The van der Waals surface area contributed by atoms with E-state index in [4.69, 9.17) is 5.26 Å². The Hall–Kier alpha value is -2.41. The molecule has 1 saturated heterocycles. The highest BCUT2D eigenvalue weighted by Crippen LogP contribution is 2.35. The van der Waals surface area contributed by atoms with Crippen LogP contribution in [0.5, 0.6) is 0 Å². The second-order valence-corrected chi connectivity index (χ2v) is 8.54. The third kappa shape index (κ3) is 4.35. The predicted molar refractivity (Wildman–Crippen MR) is 95.8 cm³/mol. The van der Waals surface area contributed by atoms with Crippen molar-refractivity contribution in [2.45, 2.75) is 17.6 Å². The Kier molecular flexibility index (Phi) is 5.74. The van der Waals surface area contributed by atoms with Crippen molar-refractivity contribution in [3.63, 3.8) is 0 Å². The van der Waals surface area contributed by atoms with Crippen LogP contribution >= 0.6 is 0 Å². The molecular weight excluding hydrogens is 391 g/mol. The third-order valence-corrected chi connectivity index (χ3v) is 6.73. The molecule has 9 heteroatoms. The fourth-order valence-electron chi connectivity index (χ4n) is 3.27. The molecule has 0 bridgehead atoms. The van der Waals surface area contributed by atoms with Crippen LogP contribution in [0, 0.1) is 11.3 Å². The summed E-state index contributed by atoms with van der Waals surface area (Å²) in [5.41, 5.74) is 0.452. The van der Waals surface area contributed by atoms with Crippen molar-refractivity contribution in [3.8, 4) is 6.07 Å². The highest BCUT2D eigenvalue weighted by Gasteiger charge is 2.39. The molecule has 0 spiro atoms. The zero-order chi connectivity index (χ0) is 20.4. The Morgan fingerprint density at radius 3 is 2.21 bits per heavy atom. The van der Waals surface area contributed by atoms with E-state index in [1.54, 1.807) is 12.1 Å². The lowest BCUT2D eigenvalue weighted by Gasteiger charge is -2.32. The number of nitrogens with zero attached hydrogens (tertiary/aromatic N) is 2. The summed E-state index contributed by atoms with van der Waals surface area (Å²) in [6.07, 6.45) is -4.73. The lowest BCUT2D eigenvalue weighted by Crippen LogP contribution is -3.13. The Balaban J connectivity index is 1.70. The van der Waals surface area contributed by atoms with Gasteiger partial charge in [0, 0.05) is 5.56 Å². The maximum absolute atomic E-state index is 13.2. The van der Waals surface area contributed by atoms with Crippen LogP contribution in [0.4, 0.5) is 13.2 Å². The molecule has 0 aliphatic carbocycles. The van der Waals surface area contributed by atoms with Crippen LogP contribution in [-0.4, -0.2) is 38.9 Å². The lowest BCUT2D eigenvalue weighted by molar-refractivity contribution is -0.917. The summed E-state index contributed by atoms with van der Waals surface area (Å²) in [6, 6.07) is 13.5. The standard InChI is InChI=1S/C19H18F3N3O2S/c20-19(21,22)17-3-1-2-4-18(17)28(26,27)25-11-9-24(10-12-25)14-16-7-5-15(13-23)6-8-16/h1-8H,9-12,14H2/p+1. The van der Waals surface area contributed by atoms with Gasteiger partial charge < -0.3 is 4.90 Å². The van der Waals surface area contributed by atoms with Gasteiger partial charge in [0.1, 0.15) is 6.54 Å². The Bertz CT molecular complexity index is 975. The number of benzene rings is 2. The van der Waals surface area contributed by atoms with Gasteiger partial charge in [0.05, 0.1) is 48.3 Å². The molecule has 0 amide bonds. The molecule has 2 aromatic rings. The van der Waals surface area contributed by atoms with Crippen molar-refractivity contribution in [3.05, 3.63) is 65.2 Å². The van der Waals surface area contributed by atoms with E-state index in [1.807, 2.05) is 12.1 Å². The molecule has 1 heterocycles. The topological polar surface area (TPSA) is 65.6 Å². The highest BCUT2D eigenvalue weighted by atomic mass is 32.2. The van der Waals surface area contributed by atoms with Gasteiger partial charge in [-0.2, -0.15) is 22.7 Å². The van der Waals surface area contributed by atoms with Gasteiger partial charge in [0.15, 0.2) is 0 Å². The minimum atomic E-state index is -4.73. The minimum absolute atomic E-state index is 0.153. The fraction of sp³-hybridized carbons (Fsp3) is 0.316. The van der Waals surface area contributed by atoms with E-state index in [2.05, 4.69) is 6.07 Å². The van der Waals surface area contributed by atoms with Crippen LogP contribution in [0.1, 0.15) is 16.7 Å². The summed E-state index contributed by atoms with van der Waals surface area (Å²) in [5, 5.41) is 8.83.